The fraction of sp³-hybridized carbons (Fsp3) is 0.550. The molecule has 2 unspecified atom stereocenters. The molecule has 2 aliphatic heterocycles. The zero-order valence-electron chi connectivity index (χ0n) is 14.5. The number of aromatic nitrogens is 1. The lowest BCUT2D eigenvalue weighted by molar-refractivity contribution is 0.00875. The SMILES string of the molecule is Fc1cccc(Cl)c1-c1noc(C2CC2)c1COC1CC2CCC(C1)N2. The van der Waals surface area contributed by atoms with E-state index in [4.69, 9.17) is 20.9 Å². The maximum atomic E-state index is 14.4. The number of hydrogen-bond acceptors (Lipinski definition) is 4. The lowest BCUT2D eigenvalue weighted by Crippen LogP contribution is -2.41. The highest BCUT2D eigenvalue weighted by molar-refractivity contribution is 6.33. The number of fused-ring (bicyclic) bond motifs is 2. The quantitative estimate of drug-likeness (QED) is 0.813. The maximum absolute atomic E-state index is 14.4. The molecule has 1 saturated carbocycles. The van der Waals surface area contributed by atoms with Crippen molar-refractivity contribution in [3.63, 3.8) is 0 Å². The fourth-order valence-corrected chi connectivity index (χ4v) is 4.64. The van der Waals surface area contributed by atoms with Crippen LogP contribution in [0.1, 0.15) is 55.8 Å². The first kappa shape index (κ1) is 16.7. The number of halogens is 2. The predicted octanol–water partition coefficient (Wildman–Crippen LogP) is 4.81. The Morgan fingerprint density at radius 3 is 2.65 bits per heavy atom. The van der Waals surface area contributed by atoms with Gasteiger partial charge in [-0.3, -0.25) is 0 Å². The van der Waals surface area contributed by atoms with Crippen LogP contribution in [0.2, 0.25) is 5.02 Å². The van der Waals surface area contributed by atoms with E-state index in [1.54, 1.807) is 12.1 Å². The van der Waals surface area contributed by atoms with E-state index in [1.165, 1.54) is 18.9 Å². The van der Waals surface area contributed by atoms with Gasteiger partial charge in [-0.05, 0) is 50.7 Å². The van der Waals surface area contributed by atoms with E-state index in [2.05, 4.69) is 10.5 Å². The Morgan fingerprint density at radius 2 is 1.96 bits per heavy atom. The lowest BCUT2D eigenvalue weighted by Gasteiger charge is -2.29. The van der Waals surface area contributed by atoms with Crippen LogP contribution in [0.4, 0.5) is 4.39 Å². The highest BCUT2D eigenvalue weighted by atomic mass is 35.5. The summed E-state index contributed by atoms with van der Waals surface area (Å²) in [5.41, 5.74) is 1.67. The van der Waals surface area contributed by atoms with Gasteiger partial charge in [0.1, 0.15) is 17.3 Å². The molecule has 1 N–H and O–H groups in total. The molecule has 3 aliphatic rings. The summed E-state index contributed by atoms with van der Waals surface area (Å²) in [4.78, 5) is 0. The Hall–Kier alpha value is -1.43. The molecule has 6 heteroatoms. The van der Waals surface area contributed by atoms with Gasteiger partial charge in [0.05, 0.1) is 23.3 Å². The van der Waals surface area contributed by atoms with Crippen LogP contribution in [0.5, 0.6) is 0 Å². The number of hydrogen-bond donors (Lipinski definition) is 1. The van der Waals surface area contributed by atoms with Crippen LogP contribution in [-0.2, 0) is 11.3 Å². The molecule has 2 atom stereocenters. The summed E-state index contributed by atoms with van der Waals surface area (Å²) in [6.07, 6.45) is 6.96. The molecule has 2 aromatic rings. The van der Waals surface area contributed by atoms with Gasteiger partial charge in [0.25, 0.3) is 0 Å². The van der Waals surface area contributed by atoms with Crippen molar-refractivity contribution in [1.29, 1.82) is 0 Å². The smallest absolute Gasteiger partial charge is 0.145 e. The Balaban J connectivity index is 1.42. The van der Waals surface area contributed by atoms with Crippen molar-refractivity contribution < 1.29 is 13.7 Å². The van der Waals surface area contributed by atoms with Gasteiger partial charge >= 0.3 is 0 Å². The second kappa shape index (κ2) is 6.63. The summed E-state index contributed by atoms with van der Waals surface area (Å²) >= 11 is 6.27. The number of nitrogens with zero attached hydrogens (tertiary/aromatic N) is 1. The average Bonchev–Trinajstić information content (AvgIpc) is 3.30. The van der Waals surface area contributed by atoms with Gasteiger partial charge in [-0.25, -0.2) is 4.39 Å². The Bertz CT molecular complexity index is 788. The Labute approximate surface area is 157 Å². The highest BCUT2D eigenvalue weighted by Crippen LogP contribution is 2.45. The standard InChI is InChI=1S/C20H22ClFN2O2/c21-16-2-1-3-17(22)18(16)19-15(20(26-24-19)11-4-5-11)10-25-14-8-12-6-7-13(9-14)23-12/h1-3,11-14,23H,4-10H2. The Morgan fingerprint density at radius 1 is 1.19 bits per heavy atom. The molecule has 0 radical (unpaired) electrons. The number of piperidine rings is 1. The van der Waals surface area contributed by atoms with Crippen LogP contribution in [-0.4, -0.2) is 23.3 Å². The summed E-state index contributed by atoms with van der Waals surface area (Å²) in [6.45, 7) is 0.402. The molecule has 5 rings (SSSR count). The number of nitrogens with one attached hydrogen (secondary N) is 1. The van der Waals surface area contributed by atoms with Gasteiger partial charge in [0.2, 0.25) is 0 Å². The molecule has 4 nitrogen and oxygen atoms in total. The van der Waals surface area contributed by atoms with Gasteiger partial charge in [0.15, 0.2) is 0 Å². The van der Waals surface area contributed by atoms with E-state index in [9.17, 15) is 4.39 Å². The summed E-state index contributed by atoms with van der Waals surface area (Å²) in [6, 6.07) is 5.83. The number of rotatable bonds is 5. The third-order valence-electron chi connectivity index (χ3n) is 5.86. The van der Waals surface area contributed by atoms with Gasteiger partial charge < -0.3 is 14.6 Å². The van der Waals surface area contributed by atoms with Crippen molar-refractivity contribution >= 4 is 11.6 Å². The average molecular weight is 377 g/mol. The lowest BCUT2D eigenvalue weighted by atomic mass is 10.0. The first-order valence-electron chi connectivity index (χ1n) is 9.49. The van der Waals surface area contributed by atoms with Crippen LogP contribution in [0.15, 0.2) is 22.7 Å². The summed E-state index contributed by atoms with van der Waals surface area (Å²) < 4.78 is 26.3. The normalized spacial score (nSPS) is 27.8. The molecule has 138 valence electrons. The van der Waals surface area contributed by atoms with Crippen molar-refractivity contribution in [3.05, 3.63) is 40.4 Å². The van der Waals surface area contributed by atoms with Crippen molar-refractivity contribution in [1.82, 2.24) is 10.5 Å². The zero-order chi connectivity index (χ0) is 17.7. The van der Waals surface area contributed by atoms with E-state index in [1.807, 2.05) is 0 Å². The number of ether oxygens (including phenoxy) is 1. The Kier molecular flexibility index (Phi) is 4.26. The second-order valence-corrected chi connectivity index (χ2v) is 8.19. The molecule has 3 heterocycles. The first-order chi connectivity index (χ1) is 12.7. The molecule has 1 aromatic carbocycles. The van der Waals surface area contributed by atoms with Crippen molar-refractivity contribution in [2.45, 2.75) is 69.2 Å². The minimum absolute atomic E-state index is 0.236. The van der Waals surface area contributed by atoms with Gasteiger partial charge in [-0.1, -0.05) is 22.8 Å². The second-order valence-electron chi connectivity index (χ2n) is 7.79. The van der Waals surface area contributed by atoms with Crippen LogP contribution in [0.3, 0.4) is 0 Å². The molecular formula is C20H22ClFN2O2. The summed E-state index contributed by atoms with van der Waals surface area (Å²) in [5, 5.41) is 8.16. The van der Waals surface area contributed by atoms with Crippen molar-refractivity contribution in [3.8, 4) is 11.3 Å². The zero-order valence-corrected chi connectivity index (χ0v) is 15.3. The topological polar surface area (TPSA) is 47.3 Å². The van der Waals surface area contributed by atoms with Crippen LogP contribution < -0.4 is 5.32 Å². The third-order valence-corrected chi connectivity index (χ3v) is 6.17. The molecular weight excluding hydrogens is 355 g/mol. The van der Waals surface area contributed by atoms with Crippen LogP contribution in [0.25, 0.3) is 11.3 Å². The van der Waals surface area contributed by atoms with E-state index in [-0.39, 0.29) is 11.9 Å². The maximum Gasteiger partial charge on any atom is 0.145 e. The van der Waals surface area contributed by atoms with Crippen LogP contribution >= 0.6 is 11.6 Å². The molecule has 26 heavy (non-hydrogen) atoms. The largest absolute Gasteiger partial charge is 0.373 e. The molecule has 0 spiro atoms. The van der Waals surface area contributed by atoms with Gasteiger partial charge in [-0.2, -0.15) is 0 Å². The van der Waals surface area contributed by atoms with Crippen LogP contribution in [0, 0.1) is 5.82 Å². The third kappa shape index (κ3) is 3.06. The van der Waals surface area contributed by atoms with Gasteiger partial charge in [0, 0.05) is 23.6 Å². The predicted molar refractivity (Wildman–Crippen MR) is 96.6 cm³/mol. The van der Waals surface area contributed by atoms with Gasteiger partial charge in [-0.15, -0.1) is 0 Å². The molecule has 1 aromatic heterocycles. The molecule has 2 bridgehead atoms. The van der Waals surface area contributed by atoms with E-state index in [0.717, 1.165) is 37.0 Å². The molecule has 3 fully saturated rings. The van der Waals surface area contributed by atoms with E-state index < -0.39 is 0 Å². The summed E-state index contributed by atoms with van der Waals surface area (Å²) in [7, 11) is 0. The fourth-order valence-electron chi connectivity index (χ4n) is 4.39. The van der Waals surface area contributed by atoms with Crippen molar-refractivity contribution in [2.24, 2.45) is 0 Å². The number of benzene rings is 1. The van der Waals surface area contributed by atoms with Crippen molar-refractivity contribution in [2.75, 3.05) is 0 Å². The first-order valence-corrected chi connectivity index (χ1v) is 9.87. The monoisotopic (exact) mass is 376 g/mol. The molecule has 2 saturated heterocycles. The minimum atomic E-state index is -0.380. The van der Waals surface area contributed by atoms with E-state index in [0.29, 0.717) is 40.9 Å². The molecule has 0 amide bonds. The molecule has 1 aliphatic carbocycles. The highest BCUT2D eigenvalue weighted by Gasteiger charge is 2.36. The van der Waals surface area contributed by atoms with E-state index >= 15 is 0 Å². The minimum Gasteiger partial charge on any atom is -0.373 e. The summed E-state index contributed by atoms with van der Waals surface area (Å²) in [5.74, 6) is 0.843.